The number of nitrogens with two attached hydrogens (primary N) is 1. The van der Waals surface area contributed by atoms with Gasteiger partial charge in [0.05, 0.1) is 24.7 Å². The Hall–Kier alpha value is -1.96. The second-order valence-electron chi connectivity index (χ2n) is 5.22. The number of aromatic nitrogens is 3. The summed E-state index contributed by atoms with van der Waals surface area (Å²) in [6.07, 6.45) is 3.31. The number of hydrogen-bond donors (Lipinski definition) is 2. The van der Waals surface area contributed by atoms with Crippen LogP contribution in [-0.2, 0) is 11.3 Å². The number of likely N-dealkylation sites (tertiary alicyclic amines) is 1. The van der Waals surface area contributed by atoms with Gasteiger partial charge < -0.3 is 16.0 Å². The standard InChI is InChI=1S/C12H18N6O2/c13-3-5-17-7-9(15-16-17)12(20)18-4-1-2-8-10(18)6-14-11(8)19/h7-8,10H,1-6,13H2,(H,14,19). The molecule has 8 nitrogen and oxygen atoms in total. The molecule has 0 spiro atoms. The molecule has 2 atom stereocenters. The molecular formula is C12H18N6O2. The van der Waals surface area contributed by atoms with Gasteiger partial charge in [0.15, 0.2) is 5.69 Å². The zero-order valence-electron chi connectivity index (χ0n) is 11.2. The highest BCUT2D eigenvalue weighted by Crippen LogP contribution is 2.28. The Bertz CT molecular complexity index is 528. The van der Waals surface area contributed by atoms with Gasteiger partial charge in [0, 0.05) is 19.6 Å². The van der Waals surface area contributed by atoms with Crippen molar-refractivity contribution in [1.82, 2.24) is 25.2 Å². The molecule has 2 fully saturated rings. The number of piperidine rings is 1. The maximum atomic E-state index is 12.5. The molecule has 3 N–H and O–H groups in total. The van der Waals surface area contributed by atoms with Crippen LogP contribution in [0.2, 0.25) is 0 Å². The topological polar surface area (TPSA) is 106 Å². The van der Waals surface area contributed by atoms with Crippen LogP contribution >= 0.6 is 0 Å². The third-order valence-electron chi connectivity index (χ3n) is 3.98. The zero-order chi connectivity index (χ0) is 14.1. The van der Waals surface area contributed by atoms with Crippen molar-refractivity contribution in [1.29, 1.82) is 0 Å². The Labute approximate surface area is 116 Å². The van der Waals surface area contributed by atoms with E-state index in [0.29, 0.717) is 31.9 Å². The molecule has 0 aliphatic carbocycles. The van der Waals surface area contributed by atoms with Crippen molar-refractivity contribution in [3.8, 4) is 0 Å². The number of fused-ring (bicyclic) bond motifs is 1. The number of carbonyl (C=O) groups is 2. The van der Waals surface area contributed by atoms with Crippen molar-refractivity contribution in [3.63, 3.8) is 0 Å². The Balaban J connectivity index is 1.77. The molecule has 108 valence electrons. The lowest BCUT2D eigenvalue weighted by Gasteiger charge is -2.35. The Kier molecular flexibility index (Phi) is 3.39. The molecule has 0 bridgehead atoms. The molecule has 1 aromatic heterocycles. The van der Waals surface area contributed by atoms with Crippen LogP contribution in [0.25, 0.3) is 0 Å². The average molecular weight is 278 g/mol. The number of nitrogens with one attached hydrogen (secondary N) is 1. The van der Waals surface area contributed by atoms with Gasteiger partial charge in [0.1, 0.15) is 0 Å². The van der Waals surface area contributed by atoms with Crippen LogP contribution in [0, 0.1) is 5.92 Å². The molecule has 0 radical (unpaired) electrons. The van der Waals surface area contributed by atoms with Crippen LogP contribution in [-0.4, -0.2) is 57.4 Å². The smallest absolute Gasteiger partial charge is 0.276 e. The summed E-state index contributed by atoms with van der Waals surface area (Å²) in [6, 6.07) is -0.0524. The summed E-state index contributed by atoms with van der Waals surface area (Å²) in [7, 11) is 0. The second kappa shape index (κ2) is 5.20. The van der Waals surface area contributed by atoms with E-state index in [2.05, 4.69) is 15.6 Å². The van der Waals surface area contributed by atoms with E-state index in [9.17, 15) is 9.59 Å². The van der Waals surface area contributed by atoms with Gasteiger partial charge in [0.25, 0.3) is 5.91 Å². The summed E-state index contributed by atoms with van der Waals surface area (Å²) < 4.78 is 1.56. The van der Waals surface area contributed by atoms with Gasteiger partial charge in [-0.2, -0.15) is 0 Å². The minimum atomic E-state index is -0.153. The zero-order valence-corrected chi connectivity index (χ0v) is 11.2. The molecule has 2 aliphatic rings. The number of hydrogen-bond acceptors (Lipinski definition) is 5. The summed E-state index contributed by atoms with van der Waals surface area (Å²) in [5.41, 5.74) is 5.76. The highest BCUT2D eigenvalue weighted by Gasteiger charge is 2.43. The average Bonchev–Trinajstić information content (AvgIpc) is 3.06. The second-order valence-corrected chi connectivity index (χ2v) is 5.22. The predicted octanol–water partition coefficient (Wildman–Crippen LogP) is -1.41. The third-order valence-corrected chi connectivity index (χ3v) is 3.98. The Morgan fingerprint density at radius 2 is 2.40 bits per heavy atom. The van der Waals surface area contributed by atoms with Gasteiger partial charge in [-0.25, -0.2) is 0 Å². The maximum Gasteiger partial charge on any atom is 0.276 e. The van der Waals surface area contributed by atoms with Crippen molar-refractivity contribution in [2.75, 3.05) is 19.6 Å². The molecule has 0 aromatic carbocycles. The number of carbonyl (C=O) groups excluding carboxylic acids is 2. The van der Waals surface area contributed by atoms with Crippen LogP contribution in [0.5, 0.6) is 0 Å². The van der Waals surface area contributed by atoms with E-state index < -0.39 is 0 Å². The molecule has 0 saturated carbocycles. The van der Waals surface area contributed by atoms with E-state index in [4.69, 9.17) is 5.73 Å². The maximum absolute atomic E-state index is 12.5. The van der Waals surface area contributed by atoms with Crippen LogP contribution in [0.4, 0.5) is 0 Å². The van der Waals surface area contributed by atoms with E-state index in [0.717, 1.165) is 12.8 Å². The van der Waals surface area contributed by atoms with Crippen LogP contribution < -0.4 is 11.1 Å². The lowest BCUT2D eigenvalue weighted by Crippen LogP contribution is -2.48. The highest BCUT2D eigenvalue weighted by molar-refractivity contribution is 5.93. The first-order valence-electron chi connectivity index (χ1n) is 6.89. The molecule has 20 heavy (non-hydrogen) atoms. The molecule has 2 saturated heterocycles. The minimum absolute atomic E-state index is 0.0524. The van der Waals surface area contributed by atoms with Gasteiger partial charge in [-0.15, -0.1) is 5.10 Å². The SMILES string of the molecule is NCCn1cc(C(=O)N2CCCC3C(=O)NCC32)nn1. The summed E-state index contributed by atoms with van der Waals surface area (Å²) in [4.78, 5) is 26.0. The summed E-state index contributed by atoms with van der Waals surface area (Å²) in [6.45, 7) is 2.18. The first-order valence-corrected chi connectivity index (χ1v) is 6.89. The van der Waals surface area contributed by atoms with Gasteiger partial charge in [-0.05, 0) is 12.8 Å². The lowest BCUT2D eigenvalue weighted by atomic mass is 9.91. The fourth-order valence-corrected chi connectivity index (χ4v) is 2.99. The van der Waals surface area contributed by atoms with Crippen molar-refractivity contribution < 1.29 is 9.59 Å². The molecular weight excluding hydrogens is 260 g/mol. The van der Waals surface area contributed by atoms with Gasteiger partial charge in [-0.1, -0.05) is 5.21 Å². The first-order chi connectivity index (χ1) is 9.70. The van der Waals surface area contributed by atoms with Crippen molar-refractivity contribution >= 4 is 11.8 Å². The predicted molar refractivity (Wildman–Crippen MR) is 69.6 cm³/mol. The Morgan fingerprint density at radius 1 is 1.55 bits per heavy atom. The molecule has 2 aliphatic heterocycles. The van der Waals surface area contributed by atoms with E-state index >= 15 is 0 Å². The number of nitrogens with zero attached hydrogens (tertiary/aromatic N) is 4. The van der Waals surface area contributed by atoms with Crippen molar-refractivity contribution in [3.05, 3.63) is 11.9 Å². The number of amides is 2. The quantitative estimate of drug-likeness (QED) is 0.706. The van der Waals surface area contributed by atoms with Gasteiger partial charge in [-0.3, -0.25) is 14.3 Å². The summed E-state index contributed by atoms with van der Waals surface area (Å²) >= 11 is 0. The van der Waals surface area contributed by atoms with Gasteiger partial charge in [0.2, 0.25) is 5.91 Å². The normalized spacial score (nSPS) is 25.4. The van der Waals surface area contributed by atoms with E-state index in [1.807, 2.05) is 0 Å². The highest BCUT2D eigenvalue weighted by atomic mass is 16.2. The van der Waals surface area contributed by atoms with Crippen LogP contribution in [0.3, 0.4) is 0 Å². The molecule has 3 rings (SSSR count). The molecule has 2 unspecified atom stereocenters. The fraction of sp³-hybridized carbons (Fsp3) is 0.667. The van der Waals surface area contributed by atoms with Crippen molar-refractivity contribution in [2.24, 2.45) is 11.7 Å². The van der Waals surface area contributed by atoms with Crippen LogP contribution in [0.15, 0.2) is 6.20 Å². The van der Waals surface area contributed by atoms with Crippen LogP contribution in [0.1, 0.15) is 23.3 Å². The van der Waals surface area contributed by atoms with Gasteiger partial charge >= 0.3 is 0 Å². The third kappa shape index (κ3) is 2.15. The van der Waals surface area contributed by atoms with Crippen molar-refractivity contribution in [2.45, 2.75) is 25.4 Å². The fourth-order valence-electron chi connectivity index (χ4n) is 2.99. The summed E-state index contributed by atoms with van der Waals surface area (Å²) in [5, 5.41) is 10.6. The largest absolute Gasteiger partial charge is 0.354 e. The number of rotatable bonds is 3. The minimum Gasteiger partial charge on any atom is -0.354 e. The summed E-state index contributed by atoms with van der Waals surface area (Å²) in [5.74, 6) is -0.175. The Morgan fingerprint density at radius 3 is 3.20 bits per heavy atom. The molecule has 1 aromatic rings. The monoisotopic (exact) mass is 278 g/mol. The van der Waals surface area contributed by atoms with E-state index in [1.165, 1.54) is 0 Å². The lowest BCUT2D eigenvalue weighted by molar-refractivity contribution is -0.123. The first kappa shape index (κ1) is 13.0. The van der Waals surface area contributed by atoms with E-state index in [-0.39, 0.29) is 23.8 Å². The molecule has 2 amide bonds. The van der Waals surface area contributed by atoms with E-state index in [1.54, 1.807) is 15.8 Å². The molecule has 3 heterocycles. The molecule has 8 heteroatoms.